The van der Waals surface area contributed by atoms with Gasteiger partial charge in [0.2, 0.25) is 5.79 Å². The third-order valence-corrected chi connectivity index (χ3v) is 8.97. The summed E-state index contributed by atoms with van der Waals surface area (Å²) in [7, 11) is 0. The zero-order valence-corrected chi connectivity index (χ0v) is 23.4. The average molecular weight is 667 g/mol. The van der Waals surface area contributed by atoms with Crippen molar-refractivity contribution in [1.29, 1.82) is 0 Å². The van der Waals surface area contributed by atoms with Gasteiger partial charge in [0.1, 0.15) is 104 Å². The Balaban J connectivity index is 2.02. The maximum atomic E-state index is 12.2. The molecule has 0 aromatic carbocycles. The van der Waals surface area contributed by atoms with Gasteiger partial charge in [-0.25, -0.2) is 0 Å². The fraction of sp³-hybridized carbons (Fsp3) is 1.00. The highest BCUT2D eigenvalue weighted by Gasteiger charge is 2.77. The molecule has 21 heteroatoms. The van der Waals surface area contributed by atoms with Crippen molar-refractivity contribution in [1.82, 2.24) is 0 Å². The molecule has 0 bridgehead atoms. The molecule has 0 spiro atoms. The van der Waals surface area contributed by atoms with Crippen LogP contribution in [0.5, 0.6) is 0 Å². The van der Waals surface area contributed by atoms with Gasteiger partial charge in [0.15, 0.2) is 11.9 Å². The number of rotatable bonds is 9. The summed E-state index contributed by atoms with van der Waals surface area (Å²) in [5.41, 5.74) is -3.53. The second-order valence-corrected chi connectivity index (χ2v) is 11.6. The van der Waals surface area contributed by atoms with E-state index in [1.165, 1.54) is 0 Å². The minimum Gasteiger partial charge on any atom is -0.394 e. The monoisotopic (exact) mass is 666 g/mol. The lowest BCUT2D eigenvalue weighted by Gasteiger charge is -2.60. The number of aliphatic hydroxyl groups is 16. The Labute approximate surface area is 253 Å². The molecule has 0 aliphatic carbocycles. The molecule has 264 valence electrons. The summed E-state index contributed by atoms with van der Waals surface area (Å²) in [6.45, 7) is -4.39. The fourth-order valence-electron chi connectivity index (χ4n) is 6.33. The Morgan fingerprint density at radius 3 is 1.22 bits per heavy atom. The second kappa shape index (κ2) is 13.9. The predicted octanol–water partition coefficient (Wildman–Crippen LogP) is -11.0. The lowest BCUT2D eigenvalue weighted by Crippen LogP contribution is -2.83. The fourth-order valence-corrected chi connectivity index (χ4v) is 6.33. The van der Waals surface area contributed by atoms with Gasteiger partial charge < -0.3 is 105 Å². The maximum Gasteiger partial charge on any atom is 0.230 e. The third kappa shape index (κ3) is 5.81. The van der Waals surface area contributed by atoms with E-state index in [1.54, 1.807) is 0 Å². The molecule has 4 aliphatic heterocycles. The van der Waals surface area contributed by atoms with Crippen molar-refractivity contribution >= 4 is 0 Å². The third-order valence-electron chi connectivity index (χ3n) is 8.97. The molecule has 0 unspecified atom stereocenters. The van der Waals surface area contributed by atoms with Gasteiger partial charge in [0, 0.05) is 0 Å². The molecule has 0 amide bonds. The zero-order chi connectivity index (χ0) is 33.8. The Hall–Kier alpha value is -0.840. The summed E-state index contributed by atoms with van der Waals surface area (Å²) < 4.78 is 27.9. The highest BCUT2D eigenvalue weighted by Crippen LogP contribution is 2.51. The van der Waals surface area contributed by atoms with Gasteiger partial charge in [-0.2, -0.15) is 0 Å². The molecule has 0 radical (unpaired) electrons. The molecular weight excluding hydrogens is 624 g/mol. The summed E-state index contributed by atoms with van der Waals surface area (Å²) in [6.07, 6.45) is -40.2. The summed E-state index contributed by atoms with van der Waals surface area (Å²) in [6, 6.07) is 0. The largest absolute Gasteiger partial charge is 0.394 e. The van der Waals surface area contributed by atoms with Crippen LogP contribution in [0, 0.1) is 0 Å². The molecule has 21 nitrogen and oxygen atoms in total. The van der Waals surface area contributed by atoms with Gasteiger partial charge in [-0.3, -0.25) is 0 Å². The van der Waals surface area contributed by atoms with Crippen LogP contribution in [-0.4, -0.2) is 230 Å². The molecule has 0 aromatic heterocycles. The van der Waals surface area contributed by atoms with Gasteiger partial charge in [-0.1, -0.05) is 0 Å². The van der Waals surface area contributed by atoms with Crippen LogP contribution < -0.4 is 0 Å². The lowest BCUT2D eigenvalue weighted by atomic mass is 9.70. The van der Waals surface area contributed by atoms with Crippen LogP contribution in [0.2, 0.25) is 0 Å². The molecule has 4 rings (SSSR count). The highest BCUT2D eigenvalue weighted by atomic mass is 16.8. The quantitative estimate of drug-likeness (QED) is 0.109. The van der Waals surface area contributed by atoms with Crippen LogP contribution in [-0.2, 0) is 23.7 Å². The lowest BCUT2D eigenvalue weighted by molar-refractivity contribution is -0.451. The first-order valence-corrected chi connectivity index (χ1v) is 14.0. The van der Waals surface area contributed by atoms with Gasteiger partial charge in [0.25, 0.3) is 0 Å². The molecule has 4 saturated heterocycles. The van der Waals surface area contributed by atoms with E-state index < -0.39 is 148 Å². The van der Waals surface area contributed by atoms with Gasteiger partial charge in [0.05, 0.1) is 26.4 Å². The van der Waals surface area contributed by atoms with E-state index in [4.69, 9.17) is 23.7 Å². The first-order valence-electron chi connectivity index (χ1n) is 14.0. The normalized spacial score (nSPS) is 54.1. The van der Waals surface area contributed by atoms with Crippen LogP contribution in [0.3, 0.4) is 0 Å². The first-order chi connectivity index (χ1) is 21.1. The molecule has 4 heterocycles. The van der Waals surface area contributed by atoms with Crippen molar-refractivity contribution in [2.45, 2.75) is 121 Å². The van der Waals surface area contributed by atoms with Gasteiger partial charge >= 0.3 is 0 Å². The van der Waals surface area contributed by atoms with Crippen molar-refractivity contribution in [3.8, 4) is 0 Å². The van der Waals surface area contributed by atoms with E-state index >= 15 is 0 Å². The second-order valence-electron chi connectivity index (χ2n) is 11.6. The van der Waals surface area contributed by atoms with Gasteiger partial charge in [-0.05, 0) is 0 Å². The minimum atomic E-state index is -3.68. The van der Waals surface area contributed by atoms with E-state index in [2.05, 4.69) is 0 Å². The van der Waals surface area contributed by atoms with Crippen LogP contribution in [0.25, 0.3) is 0 Å². The first kappa shape index (κ1) is 37.0. The highest BCUT2D eigenvalue weighted by molar-refractivity contribution is 5.21. The van der Waals surface area contributed by atoms with Crippen molar-refractivity contribution < 1.29 is 105 Å². The predicted molar refractivity (Wildman–Crippen MR) is 134 cm³/mol. The van der Waals surface area contributed by atoms with Crippen molar-refractivity contribution in [2.24, 2.45) is 0 Å². The number of ether oxygens (including phenoxy) is 5. The minimum absolute atomic E-state index is 1.04. The summed E-state index contributed by atoms with van der Waals surface area (Å²) >= 11 is 0. The number of hydrogen-bond donors (Lipinski definition) is 16. The van der Waals surface area contributed by atoms with Gasteiger partial charge in [-0.15, -0.1) is 0 Å². The number of hydrogen-bond acceptors (Lipinski definition) is 21. The van der Waals surface area contributed by atoms with E-state index in [1.807, 2.05) is 0 Å². The van der Waals surface area contributed by atoms with Crippen LogP contribution in [0.1, 0.15) is 0 Å². The van der Waals surface area contributed by atoms with E-state index in [9.17, 15) is 81.7 Å². The Kier molecular flexibility index (Phi) is 11.5. The van der Waals surface area contributed by atoms with Crippen molar-refractivity contribution in [3.05, 3.63) is 0 Å². The van der Waals surface area contributed by atoms with Crippen LogP contribution in [0.4, 0.5) is 0 Å². The molecule has 19 atom stereocenters. The van der Waals surface area contributed by atoms with Crippen LogP contribution in [0.15, 0.2) is 0 Å². The molecule has 45 heavy (non-hydrogen) atoms. The summed E-state index contributed by atoms with van der Waals surface area (Å²) in [5, 5.41) is 170. The van der Waals surface area contributed by atoms with Crippen LogP contribution >= 0.6 is 0 Å². The molecule has 4 fully saturated rings. The topological polar surface area (TPSA) is 370 Å². The molecule has 16 N–H and O–H groups in total. The molecule has 0 aromatic rings. The summed E-state index contributed by atoms with van der Waals surface area (Å²) in [4.78, 5) is 0. The standard InChI is InChI=1S/C24H42O21/c25-1-5-9(29)13(33)16(36)20(41-5)23(24(40)19(39)12(32)8(4-28)44-24,21-17(37)14(34)10(30)6(2-26)42-21)45-22-18(38)15(35)11(31)7(3-27)43-22/h5-22,25-40H,1-4H2/t5-,6-,7-,8-,9+,10+,11-,12-,13+,14+,15+,16-,17-,18-,19+,20+,21+,22-,24+/m1/s1. The van der Waals surface area contributed by atoms with E-state index in [0.29, 0.717) is 0 Å². The Bertz CT molecular complexity index is 935. The number of aliphatic hydroxyl groups excluding tert-OH is 15. The molecule has 0 saturated carbocycles. The summed E-state index contributed by atoms with van der Waals surface area (Å²) in [5.74, 6) is -3.68. The molecular formula is C24H42O21. The average Bonchev–Trinajstić information content (AvgIpc) is 3.26. The van der Waals surface area contributed by atoms with E-state index in [-0.39, 0.29) is 0 Å². The maximum absolute atomic E-state index is 12.2. The Morgan fingerprint density at radius 2 is 0.844 bits per heavy atom. The Morgan fingerprint density at radius 1 is 0.467 bits per heavy atom. The van der Waals surface area contributed by atoms with Crippen molar-refractivity contribution in [3.63, 3.8) is 0 Å². The van der Waals surface area contributed by atoms with E-state index in [0.717, 1.165) is 0 Å². The molecule has 4 aliphatic rings. The smallest absolute Gasteiger partial charge is 0.230 e. The SMILES string of the molecule is OC[C@H]1O[C@H](C(O[C@H]2O[C@H](CO)[C@@H](O)[C@H](O)[C@H]2O)([C@H]2O[C@H](CO)[C@H](O)[C@H](O)[C@H]2O)[C@@]2(O)O[C@H](CO)[C@@H](O)[C@@H]2O)[C@H](O)[C@@H](O)[C@H]1O. The zero-order valence-electron chi connectivity index (χ0n) is 23.4. The van der Waals surface area contributed by atoms with Crippen molar-refractivity contribution in [2.75, 3.05) is 26.4 Å².